The van der Waals surface area contributed by atoms with Crippen LogP contribution in [0.4, 0.5) is 0 Å². The Morgan fingerprint density at radius 2 is 1.74 bits per heavy atom. The van der Waals surface area contributed by atoms with Crippen molar-refractivity contribution in [2.75, 3.05) is 6.61 Å². The minimum absolute atomic E-state index is 0.00918. The van der Waals surface area contributed by atoms with Gasteiger partial charge in [-0.05, 0) is 57.2 Å². The summed E-state index contributed by atoms with van der Waals surface area (Å²) >= 11 is 0. The summed E-state index contributed by atoms with van der Waals surface area (Å²) < 4.78 is 11.9. The van der Waals surface area contributed by atoms with Gasteiger partial charge >= 0.3 is 5.97 Å². The summed E-state index contributed by atoms with van der Waals surface area (Å²) in [6, 6.07) is 0. The van der Waals surface area contributed by atoms with Crippen molar-refractivity contribution in [1.29, 1.82) is 0 Å². The van der Waals surface area contributed by atoms with E-state index in [2.05, 4.69) is 40.8 Å². The molecule has 0 N–H and O–H groups in total. The molecule has 1 aliphatic carbocycles. The lowest BCUT2D eigenvalue weighted by atomic mass is 9.78. The largest absolute Gasteiger partial charge is 0.466 e. The van der Waals surface area contributed by atoms with Gasteiger partial charge in [0, 0.05) is 6.10 Å². The molecule has 0 spiro atoms. The van der Waals surface area contributed by atoms with Crippen LogP contribution in [-0.4, -0.2) is 27.0 Å². The van der Waals surface area contributed by atoms with Crippen molar-refractivity contribution in [3.05, 3.63) is 0 Å². The van der Waals surface area contributed by atoms with Crippen LogP contribution in [0.5, 0.6) is 0 Å². The minimum Gasteiger partial charge on any atom is -0.466 e. The average Bonchev–Trinajstić information content (AvgIpc) is 2.44. The third-order valence-corrected chi connectivity index (χ3v) is 10.3. The van der Waals surface area contributed by atoms with Gasteiger partial charge in [0.2, 0.25) is 0 Å². The second-order valence-electron chi connectivity index (χ2n) is 8.68. The monoisotopic (exact) mass is 342 g/mol. The molecule has 0 amide bonds. The summed E-state index contributed by atoms with van der Waals surface area (Å²) in [7, 11) is -1.79. The predicted octanol–water partition coefficient (Wildman–Crippen LogP) is 5.55. The van der Waals surface area contributed by atoms with Crippen LogP contribution in [0.2, 0.25) is 18.1 Å². The fourth-order valence-electron chi connectivity index (χ4n) is 3.35. The minimum atomic E-state index is -1.79. The highest BCUT2D eigenvalue weighted by Crippen LogP contribution is 2.39. The number of esters is 1. The zero-order valence-corrected chi connectivity index (χ0v) is 17.4. The maximum absolute atomic E-state index is 12.5. The number of rotatable bonds is 7. The molecule has 0 aliphatic heterocycles. The van der Waals surface area contributed by atoms with Gasteiger partial charge in [-0.15, -0.1) is 0 Å². The number of hydrogen-bond acceptors (Lipinski definition) is 3. The Kier molecular flexibility index (Phi) is 7.79. The van der Waals surface area contributed by atoms with Crippen LogP contribution in [-0.2, 0) is 14.0 Å². The summed E-state index contributed by atoms with van der Waals surface area (Å²) in [4.78, 5) is 12.5. The first-order valence-corrected chi connectivity index (χ1v) is 12.3. The summed E-state index contributed by atoms with van der Waals surface area (Å²) in [6.45, 7) is 15.8. The molecule has 136 valence electrons. The van der Waals surface area contributed by atoms with Crippen molar-refractivity contribution >= 4 is 14.3 Å². The highest BCUT2D eigenvalue weighted by atomic mass is 28.4. The van der Waals surface area contributed by atoms with Crippen molar-refractivity contribution in [3.63, 3.8) is 0 Å². The highest BCUT2D eigenvalue weighted by molar-refractivity contribution is 6.74. The SMILES string of the molecule is CCOC(=O)C(CC(C)O[Si](C)(C)C(C)(C)C)C1CCCCC1. The first kappa shape index (κ1) is 20.7. The van der Waals surface area contributed by atoms with Crippen molar-refractivity contribution in [1.82, 2.24) is 0 Å². The Bertz CT molecular complexity index is 367. The van der Waals surface area contributed by atoms with E-state index in [4.69, 9.17) is 9.16 Å². The van der Waals surface area contributed by atoms with E-state index < -0.39 is 8.32 Å². The van der Waals surface area contributed by atoms with Gasteiger partial charge < -0.3 is 9.16 Å². The zero-order chi connectivity index (χ0) is 17.7. The van der Waals surface area contributed by atoms with Crippen LogP contribution < -0.4 is 0 Å². The molecule has 0 bridgehead atoms. The van der Waals surface area contributed by atoms with E-state index in [1.807, 2.05) is 6.92 Å². The van der Waals surface area contributed by atoms with E-state index in [1.165, 1.54) is 19.3 Å². The molecular formula is C19H38O3Si. The second kappa shape index (κ2) is 8.66. The Morgan fingerprint density at radius 3 is 2.22 bits per heavy atom. The molecule has 1 aliphatic rings. The molecule has 23 heavy (non-hydrogen) atoms. The maximum atomic E-state index is 12.5. The Morgan fingerprint density at radius 1 is 1.17 bits per heavy atom. The molecule has 0 saturated heterocycles. The molecule has 3 nitrogen and oxygen atoms in total. The Hall–Kier alpha value is -0.353. The smallest absolute Gasteiger partial charge is 0.309 e. The van der Waals surface area contributed by atoms with Crippen LogP contribution >= 0.6 is 0 Å². The van der Waals surface area contributed by atoms with Crippen LogP contribution in [0, 0.1) is 11.8 Å². The first-order valence-electron chi connectivity index (χ1n) is 9.43. The lowest BCUT2D eigenvalue weighted by Gasteiger charge is -2.39. The van der Waals surface area contributed by atoms with Gasteiger partial charge in [-0.1, -0.05) is 40.0 Å². The van der Waals surface area contributed by atoms with E-state index in [0.717, 1.165) is 19.3 Å². The molecule has 0 radical (unpaired) electrons. The molecule has 4 heteroatoms. The third kappa shape index (κ3) is 6.22. The van der Waals surface area contributed by atoms with Gasteiger partial charge in [0.25, 0.3) is 0 Å². The zero-order valence-electron chi connectivity index (χ0n) is 16.4. The van der Waals surface area contributed by atoms with Gasteiger partial charge in [-0.25, -0.2) is 0 Å². The molecule has 1 saturated carbocycles. The molecule has 2 atom stereocenters. The lowest BCUT2D eigenvalue weighted by molar-refractivity contribution is -0.151. The average molecular weight is 343 g/mol. The fourth-order valence-corrected chi connectivity index (χ4v) is 4.81. The normalized spacial score (nSPS) is 20.1. The van der Waals surface area contributed by atoms with Crippen molar-refractivity contribution < 1.29 is 14.0 Å². The summed E-state index contributed by atoms with van der Waals surface area (Å²) in [5, 5.41) is 0.200. The Labute approximate surface area is 144 Å². The van der Waals surface area contributed by atoms with Gasteiger partial charge in [0.1, 0.15) is 0 Å². The molecule has 2 unspecified atom stereocenters. The van der Waals surface area contributed by atoms with Gasteiger partial charge in [0.15, 0.2) is 8.32 Å². The highest BCUT2D eigenvalue weighted by Gasteiger charge is 2.40. The molecule has 1 fully saturated rings. The van der Waals surface area contributed by atoms with Gasteiger partial charge in [0.05, 0.1) is 12.5 Å². The van der Waals surface area contributed by atoms with Crippen molar-refractivity contribution in [3.8, 4) is 0 Å². The predicted molar refractivity (Wildman–Crippen MR) is 99.1 cm³/mol. The molecule has 1 rings (SSSR count). The summed E-state index contributed by atoms with van der Waals surface area (Å²) in [6.07, 6.45) is 7.05. The topological polar surface area (TPSA) is 35.5 Å². The van der Waals surface area contributed by atoms with E-state index in [9.17, 15) is 4.79 Å². The van der Waals surface area contributed by atoms with Crippen molar-refractivity contribution in [2.24, 2.45) is 11.8 Å². The number of hydrogen-bond donors (Lipinski definition) is 0. The van der Waals surface area contributed by atoms with Gasteiger partial charge in [-0.3, -0.25) is 4.79 Å². The lowest BCUT2D eigenvalue weighted by Crippen LogP contribution is -2.44. The van der Waals surface area contributed by atoms with E-state index in [1.54, 1.807) is 0 Å². The third-order valence-electron chi connectivity index (χ3n) is 5.70. The number of ether oxygens (including phenoxy) is 1. The Balaban J connectivity index is 2.73. The quantitative estimate of drug-likeness (QED) is 0.449. The summed E-state index contributed by atoms with van der Waals surface area (Å²) in [5.41, 5.74) is 0. The summed E-state index contributed by atoms with van der Waals surface area (Å²) in [5.74, 6) is 0.480. The van der Waals surface area contributed by atoms with Crippen LogP contribution in [0.1, 0.15) is 73.1 Å². The molecular weight excluding hydrogens is 304 g/mol. The van der Waals surface area contributed by atoms with E-state index in [-0.39, 0.29) is 23.0 Å². The van der Waals surface area contributed by atoms with Crippen molar-refractivity contribution in [2.45, 2.75) is 97.4 Å². The molecule has 0 aromatic carbocycles. The van der Waals surface area contributed by atoms with Crippen LogP contribution in [0.15, 0.2) is 0 Å². The molecule has 0 aromatic rings. The first-order chi connectivity index (χ1) is 10.6. The maximum Gasteiger partial charge on any atom is 0.309 e. The number of carbonyl (C=O) groups excluding carboxylic acids is 1. The van der Waals surface area contributed by atoms with Crippen LogP contribution in [0.3, 0.4) is 0 Å². The fraction of sp³-hybridized carbons (Fsp3) is 0.947. The molecule has 0 aromatic heterocycles. The van der Waals surface area contributed by atoms with Gasteiger partial charge in [-0.2, -0.15) is 0 Å². The second-order valence-corrected chi connectivity index (χ2v) is 13.4. The number of carbonyl (C=O) groups is 1. The van der Waals surface area contributed by atoms with E-state index in [0.29, 0.717) is 12.5 Å². The van der Waals surface area contributed by atoms with Crippen LogP contribution in [0.25, 0.3) is 0 Å². The standard InChI is InChI=1S/C19H38O3Si/c1-8-21-18(20)17(16-12-10-9-11-13-16)14-15(2)22-23(6,7)19(3,4)5/h15-17H,8-14H2,1-7H3. The molecule has 0 heterocycles. The van der Waals surface area contributed by atoms with E-state index >= 15 is 0 Å².